The molecule has 0 saturated carbocycles. The number of hydrogen-bond acceptors (Lipinski definition) is 4. The first-order valence-electron chi connectivity index (χ1n) is 5.80. The van der Waals surface area contributed by atoms with Crippen molar-refractivity contribution in [3.8, 4) is 0 Å². The van der Waals surface area contributed by atoms with Gasteiger partial charge in [0.2, 0.25) is 0 Å². The number of nitrogens with zero attached hydrogens (tertiary/aromatic N) is 2. The predicted molar refractivity (Wildman–Crippen MR) is 88.6 cm³/mol. The number of carbonyl (C=O) groups excluding carboxylic acids is 1. The quantitative estimate of drug-likeness (QED) is 0.528. The maximum Gasteiger partial charge on any atom is 0.271 e. The normalized spacial score (nSPS) is 10.4. The van der Waals surface area contributed by atoms with Crippen molar-refractivity contribution in [2.75, 3.05) is 7.05 Å². The minimum Gasteiger partial charge on any atom is -0.337 e. The van der Waals surface area contributed by atoms with Crippen LogP contribution < -0.4 is 0 Å². The van der Waals surface area contributed by atoms with Crippen LogP contribution in [0.15, 0.2) is 37.9 Å². The van der Waals surface area contributed by atoms with Crippen LogP contribution in [-0.2, 0) is 6.54 Å². The summed E-state index contributed by atoms with van der Waals surface area (Å²) in [5.74, 6) is -0.262. The molecule has 0 N–H and O–H groups in total. The van der Waals surface area contributed by atoms with Crippen LogP contribution in [-0.4, -0.2) is 22.8 Å². The maximum atomic E-state index is 12.4. The summed E-state index contributed by atoms with van der Waals surface area (Å²) in [5.41, 5.74) is 1.18. The Labute approximate surface area is 142 Å². The van der Waals surface area contributed by atoms with E-state index in [2.05, 4.69) is 31.9 Å². The first kappa shape index (κ1) is 16.1. The summed E-state index contributed by atoms with van der Waals surface area (Å²) in [4.78, 5) is 24.2. The molecule has 0 aliphatic heterocycles. The van der Waals surface area contributed by atoms with Gasteiger partial charge in [-0.3, -0.25) is 14.9 Å². The number of nitro benzene ring substituents is 1. The molecule has 0 aliphatic rings. The second-order valence-electron chi connectivity index (χ2n) is 4.38. The Morgan fingerprint density at radius 2 is 2.05 bits per heavy atom. The first-order valence-corrected chi connectivity index (χ1v) is 8.26. The Morgan fingerprint density at radius 3 is 2.62 bits per heavy atom. The summed E-state index contributed by atoms with van der Waals surface area (Å²) in [6, 6.07) is 6.17. The van der Waals surface area contributed by atoms with Crippen LogP contribution in [0.1, 0.15) is 15.9 Å². The van der Waals surface area contributed by atoms with E-state index in [1.807, 2.05) is 11.4 Å². The van der Waals surface area contributed by atoms with E-state index in [9.17, 15) is 14.9 Å². The number of halogens is 2. The number of amides is 1. The largest absolute Gasteiger partial charge is 0.337 e. The van der Waals surface area contributed by atoms with Gasteiger partial charge in [-0.05, 0) is 39.0 Å². The summed E-state index contributed by atoms with van der Waals surface area (Å²) >= 11 is 8.11. The highest BCUT2D eigenvalue weighted by Gasteiger charge is 2.17. The average molecular weight is 434 g/mol. The van der Waals surface area contributed by atoms with Gasteiger partial charge in [-0.15, -0.1) is 11.3 Å². The highest BCUT2D eigenvalue weighted by atomic mass is 79.9. The van der Waals surface area contributed by atoms with Crippen LogP contribution in [0.2, 0.25) is 0 Å². The lowest BCUT2D eigenvalue weighted by Crippen LogP contribution is -2.26. The molecule has 0 radical (unpaired) electrons. The monoisotopic (exact) mass is 432 g/mol. The molecule has 0 unspecified atom stereocenters. The Bertz CT molecular complexity index is 702. The molecule has 1 aromatic heterocycles. The van der Waals surface area contributed by atoms with E-state index >= 15 is 0 Å². The van der Waals surface area contributed by atoms with Crippen LogP contribution >= 0.6 is 43.2 Å². The average Bonchev–Trinajstić information content (AvgIpc) is 2.82. The van der Waals surface area contributed by atoms with Gasteiger partial charge in [-0.2, -0.15) is 0 Å². The lowest BCUT2D eigenvalue weighted by atomic mass is 10.1. The molecule has 1 aromatic carbocycles. The number of non-ortho nitro benzene ring substituents is 1. The fourth-order valence-corrected chi connectivity index (χ4v) is 3.48. The van der Waals surface area contributed by atoms with E-state index in [4.69, 9.17) is 0 Å². The van der Waals surface area contributed by atoms with Crippen LogP contribution in [0.25, 0.3) is 0 Å². The fourth-order valence-electron chi connectivity index (χ4n) is 1.80. The second kappa shape index (κ2) is 6.67. The zero-order chi connectivity index (χ0) is 15.6. The van der Waals surface area contributed by atoms with Crippen LogP contribution in [0.3, 0.4) is 0 Å². The number of nitro groups is 1. The second-order valence-corrected chi connectivity index (χ2v) is 7.58. The van der Waals surface area contributed by atoms with E-state index in [1.54, 1.807) is 24.5 Å². The zero-order valence-corrected chi connectivity index (χ0v) is 14.9. The topological polar surface area (TPSA) is 63.5 Å². The van der Waals surface area contributed by atoms with Gasteiger partial charge >= 0.3 is 0 Å². The molecule has 5 nitrogen and oxygen atoms in total. The predicted octanol–water partition coefficient (Wildman–Crippen LogP) is 4.45. The summed E-state index contributed by atoms with van der Waals surface area (Å²) in [7, 11) is 1.67. The molecule has 2 aromatic rings. The molecule has 21 heavy (non-hydrogen) atoms. The van der Waals surface area contributed by atoms with Crippen molar-refractivity contribution in [1.82, 2.24) is 4.90 Å². The lowest BCUT2D eigenvalue weighted by Gasteiger charge is -2.16. The molecule has 0 aliphatic carbocycles. The third kappa shape index (κ3) is 4.12. The molecular formula is C13H10Br2N2O3S. The van der Waals surface area contributed by atoms with Crippen molar-refractivity contribution in [2.24, 2.45) is 0 Å². The van der Waals surface area contributed by atoms with E-state index in [0.29, 0.717) is 11.0 Å². The number of rotatable bonds is 4. The Hall–Kier alpha value is -1.25. The number of thiophene rings is 1. The molecule has 0 atom stereocenters. The molecule has 1 heterocycles. The molecule has 1 amide bonds. The third-order valence-electron chi connectivity index (χ3n) is 2.73. The molecule has 0 spiro atoms. The summed E-state index contributed by atoms with van der Waals surface area (Å²) in [6.07, 6.45) is 0. The summed E-state index contributed by atoms with van der Waals surface area (Å²) in [6.45, 7) is 0.446. The SMILES string of the molecule is CN(Cc1csc(Br)c1)C(=O)c1cc(Br)cc([N+](=O)[O-])c1. The van der Waals surface area contributed by atoms with E-state index in [0.717, 1.165) is 9.35 Å². The van der Waals surface area contributed by atoms with Gasteiger partial charge in [0.15, 0.2) is 0 Å². The smallest absolute Gasteiger partial charge is 0.271 e. The van der Waals surface area contributed by atoms with Crippen LogP contribution in [0, 0.1) is 10.1 Å². The zero-order valence-electron chi connectivity index (χ0n) is 10.9. The summed E-state index contributed by atoms with van der Waals surface area (Å²) in [5, 5.41) is 12.8. The first-order chi connectivity index (χ1) is 9.86. The number of benzene rings is 1. The van der Waals surface area contributed by atoms with Gasteiger partial charge in [0.05, 0.1) is 8.71 Å². The van der Waals surface area contributed by atoms with Gasteiger partial charge in [0.25, 0.3) is 11.6 Å². The van der Waals surface area contributed by atoms with Crippen molar-refractivity contribution in [3.05, 3.63) is 59.1 Å². The van der Waals surface area contributed by atoms with Gasteiger partial charge in [-0.25, -0.2) is 0 Å². The minimum atomic E-state index is -0.516. The minimum absolute atomic E-state index is 0.112. The maximum absolute atomic E-state index is 12.4. The third-order valence-corrected chi connectivity index (χ3v) is 4.74. The van der Waals surface area contributed by atoms with Crippen molar-refractivity contribution in [3.63, 3.8) is 0 Å². The van der Waals surface area contributed by atoms with Crippen molar-refractivity contribution < 1.29 is 9.72 Å². The molecule has 0 bridgehead atoms. The Balaban J connectivity index is 2.20. The van der Waals surface area contributed by atoms with Crippen molar-refractivity contribution in [1.29, 1.82) is 0 Å². The van der Waals surface area contributed by atoms with Crippen LogP contribution in [0.4, 0.5) is 5.69 Å². The fraction of sp³-hybridized carbons (Fsp3) is 0.154. The number of hydrogen-bond donors (Lipinski definition) is 0. The molecule has 8 heteroatoms. The Morgan fingerprint density at radius 1 is 1.33 bits per heavy atom. The Kier molecular flexibility index (Phi) is 5.13. The van der Waals surface area contributed by atoms with Crippen molar-refractivity contribution in [2.45, 2.75) is 6.54 Å². The molecule has 0 fully saturated rings. The highest BCUT2D eigenvalue weighted by Crippen LogP contribution is 2.24. The lowest BCUT2D eigenvalue weighted by molar-refractivity contribution is -0.385. The van der Waals surface area contributed by atoms with Gasteiger partial charge < -0.3 is 4.90 Å². The summed E-state index contributed by atoms with van der Waals surface area (Å²) < 4.78 is 1.50. The standard InChI is InChI=1S/C13H10Br2N2O3S/c1-16(6-8-2-12(15)21-7-8)13(18)9-3-10(14)5-11(4-9)17(19)20/h2-5,7H,6H2,1H3. The van der Waals surface area contributed by atoms with E-state index < -0.39 is 4.92 Å². The molecule has 0 saturated heterocycles. The molecule has 110 valence electrons. The van der Waals surface area contributed by atoms with Gasteiger partial charge in [0, 0.05) is 35.8 Å². The van der Waals surface area contributed by atoms with Crippen LogP contribution in [0.5, 0.6) is 0 Å². The van der Waals surface area contributed by atoms with Gasteiger partial charge in [-0.1, -0.05) is 15.9 Å². The molecule has 2 rings (SSSR count). The van der Waals surface area contributed by atoms with Gasteiger partial charge in [0.1, 0.15) is 0 Å². The van der Waals surface area contributed by atoms with E-state index in [-0.39, 0.29) is 17.2 Å². The molecular weight excluding hydrogens is 424 g/mol. The highest BCUT2D eigenvalue weighted by molar-refractivity contribution is 9.11. The number of carbonyl (C=O) groups is 1. The van der Waals surface area contributed by atoms with Crippen molar-refractivity contribution >= 4 is 54.8 Å². The van der Waals surface area contributed by atoms with E-state index in [1.165, 1.54) is 17.0 Å².